The molecule has 110 valence electrons. The lowest BCUT2D eigenvalue weighted by molar-refractivity contribution is -0.387. The summed E-state index contributed by atoms with van der Waals surface area (Å²) in [4.78, 5) is 9.76. The van der Waals surface area contributed by atoms with E-state index in [2.05, 4.69) is 5.32 Å². The van der Waals surface area contributed by atoms with Crippen LogP contribution in [0.15, 0.2) is 42.5 Å². The van der Waals surface area contributed by atoms with Crippen molar-refractivity contribution in [3.05, 3.63) is 64.0 Å². The first kappa shape index (κ1) is 14.9. The van der Waals surface area contributed by atoms with Gasteiger partial charge < -0.3 is 10.1 Å². The van der Waals surface area contributed by atoms with Crippen LogP contribution in [-0.2, 0) is 6.54 Å². The van der Waals surface area contributed by atoms with Gasteiger partial charge in [0.25, 0.3) is 0 Å². The van der Waals surface area contributed by atoms with Gasteiger partial charge in [-0.2, -0.15) is 4.39 Å². The number of hydrogen-bond acceptors (Lipinski definition) is 4. The summed E-state index contributed by atoms with van der Waals surface area (Å²) in [5.74, 6) is -0.151. The monoisotopic (exact) mass is 290 g/mol. The first-order valence-electron chi connectivity index (χ1n) is 6.51. The highest BCUT2D eigenvalue weighted by atomic mass is 19.1. The zero-order valence-electron chi connectivity index (χ0n) is 11.5. The van der Waals surface area contributed by atoms with E-state index in [1.807, 2.05) is 19.1 Å². The molecule has 0 bridgehead atoms. The molecule has 0 fully saturated rings. The van der Waals surface area contributed by atoms with Crippen molar-refractivity contribution in [2.45, 2.75) is 13.5 Å². The number of nitro benzene ring substituents is 1. The van der Waals surface area contributed by atoms with Gasteiger partial charge in [0, 0.05) is 18.7 Å². The van der Waals surface area contributed by atoms with Gasteiger partial charge in [-0.05, 0) is 30.3 Å². The summed E-state index contributed by atoms with van der Waals surface area (Å²) in [6, 6.07) is 10.8. The van der Waals surface area contributed by atoms with E-state index in [0.29, 0.717) is 5.75 Å². The molecule has 0 aromatic heterocycles. The summed E-state index contributed by atoms with van der Waals surface area (Å²) in [5, 5.41) is 13.7. The molecule has 2 aromatic rings. The number of nitro groups is 1. The van der Waals surface area contributed by atoms with E-state index in [4.69, 9.17) is 4.74 Å². The van der Waals surface area contributed by atoms with Crippen molar-refractivity contribution in [1.29, 1.82) is 0 Å². The van der Waals surface area contributed by atoms with Crippen molar-refractivity contribution in [2.75, 3.05) is 6.54 Å². The first-order chi connectivity index (χ1) is 10.1. The third-order valence-electron chi connectivity index (χ3n) is 2.85. The number of rotatable bonds is 6. The van der Waals surface area contributed by atoms with Gasteiger partial charge in [-0.1, -0.05) is 19.1 Å². The molecule has 1 N–H and O–H groups in total. The molecule has 0 heterocycles. The van der Waals surface area contributed by atoms with Crippen molar-refractivity contribution in [3.63, 3.8) is 0 Å². The van der Waals surface area contributed by atoms with Gasteiger partial charge in [-0.15, -0.1) is 0 Å². The molecule has 0 aliphatic heterocycles. The molecule has 2 rings (SSSR count). The average molecular weight is 290 g/mol. The normalized spacial score (nSPS) is 10.4. The Balaban J connectivity index is 2.07. The molecule has 0 unspecified atom stereocenters. The highest BCUT2D eigenvalue weighted by Gasteiger charge is 2.14. The summed E-state index contributed by atoms with van der Waals surface area (Å²) in [7, 11) is 0. The van der Waals surface area contributed by atoms with E-state index in [-0.39, 0.29) is 5.75 Å². The van der Waals surface area contributed by atoms with Crippen molar-refractivity contribution in [1.82, 2.24) is 5.32 Å². The highest BCUT2D eigenvalue weighted by Crippen LogP contribution is 2.26. The van der Waals surface area contributed by atoms with Gasteiger partial charge in [0.15, 0.2) is 0 Å². The van der Waals surface area contributed by atoms with Gasteiger partial charge in [-0.25, -0.2) is 0 Å². The Bertz CT molecular complexity index is 629. The zero-order chi connectivity index (χ0) is 15.2. The number of nitrogens with zero attached hydrogens (tertiary/aromatic N) is 1. The molecule has 6 heteroatoms. The smallest absolute Gasteiger partial charge is 0.305 e. The molecule has 0 saturated carbocycles. The van der Waals surface area contributed by atoms with E-state index in [1.54, 1.807) is 12.1 Å². The van der Waals surface area contributed by atoms with Crippen LogP contribution in [0, 0.1) is 15.9 Å². The minimum Gasteiger partial charge on any atom is -0.457 e. The van der Waals surface area contributed by atoms with Gasteiger partial charge >= 0.3 is 5.69 Å². The minimum absolute atomic E-state index is 0.220. The standard InChI is InChI=1S/C15H15FN2O3/c1-2-17-10-11-3-5-12(6-4-11)21-13-7-8-15(18(19)20)14(16)9-13/h3-9,17H,2,10H2,1H3. The maximum atomic E-state index is 13.5. The summed E-state index contributed by atoms with van der Waals surface area (Å²) >= 11 is 0. The minimum atomic E-state index is -0.915. The van der Waals surface area contributed by atoms with E-state index in [1.165, 1.54) is 6.07 Å². The predicted octanol–water partition coefficient (Wildman–Crippen LogP) is 3.64. The summed E-state index contributed by atoms with van der Waals surface area (Å²) in [6.07, 6.45) is 0. The topological polar surface area (TPSA) is 64.4 Å². The Morgan fingerprint density at radius 2 is 1.86 bits per heavy atom. The highest BCUT2D eigenvalue weighted by molar-refractivity contribution is 5.40. The number of benzene rings is 2. The van der Waals surface area contributed by atoms with Gasteiger partial charge in [-0.3, -0.25) is 10.1 Å². The lowest BCUT2D eigenvalue weighted by Gasteiger charge is -2.07. The van der Waals surface area contributed by atoms with Crippen molar-refractivity contribution in [3.8, 4) is 11.5 Å². The van der Waals surface area contributed by atoms with Gasteiger partial charge in [0.2, 0.25) is 5.82 Å². The van der Waals surface area contributed by atoms with Crippen molar-refractivity contribution >= 4 is 5.69 Å². The molecule has 21 heavy (non-hydrogen) atoms. The van der Waals surface area contributed by atoms with E-state index >= 15 is 0 Å². The van der Waals surface area contributed by atoms with Crippen LogP contribution in [0.25, 0.3) is 0 Å². The van der Waals surface area contributed by atoms with Crippen molar-refractivity contribution < 1.29 is 14.1 Å². The largest absolute Gasteiger partial charge is 0.457 e. The summed E-state index contributed by atoms with van der Waals surface area (Å²) < 4.78 is 18.9. The molecule has 5 nitrogen and oxygen atoms in total. The maximum Gasteiger partial charge on any atom is 0.305 e. The van der Waals surface area contributed by atoms with Crippen molar-refractivity contribution in [2.24, 2.45) is 0 Å². The molecule has 0 atom stereocenters. The molecule has 0 amide bonds. The molecule has 0 spiro atoms. The fraction of sp³-hybridized carbons (Fsp3) is 0.200. The van der Waals surface area contributed by atoms with Gasteiger partial charge in [0.1, 0.15) is 11.5 Å². The summed E-state index contributed by atoms with van der Waals surface area (Å²) in [5.41, 5.74) is 0.544. The average Bonchev–Trinajstić information content (AvgIpc) is 2.46. The predicted molar refractivity (Wildman–Crippen MR) is 77.0 cm³/mol. The molecule has 2 aromatic carbocycles. The lowest BCUT2D eigenvalue weighted by atomic mass is 10.2. The third-order valence-corrected chi connectivity index (χ3v) is 2.85. The third kappa shape index (κ3) is 4.00. The zero-order valence-corrected chi connectivity index (χ0v) is 11.5. The molecule has 0 saturated heterocycles. The SMILES string of the molecule is CCNCc1ccc(Oc2ccc([N+](=O)[O-])c(F)c2)cc1. The van der Waals surface area contributed by atoms with Crippen LogP contribution in [-0.4, -0.2) is 11.5 Å². The molecule has 0 radical (unpaired) electrons. The molecule has 0 aliphatic carbocycles. The Kier molecular flexibility index (Phi) is 4.84. The fourth-order valence-electron chi connectivity index (χ4n) is 1.78. The first-order valence-corrected chi connectivity index (χ1v) is 6.51. The summed E-state index contributed by atoms with van der Waals surface area (Å²) in [6.45, 7) is 3.68. The quantitative estimate of drug-likeness (QED) is 0.651. The Labute approximate surface area is 121 Å². The van der Waals surface area contributed by atoms with Crippen LogP contribution in [0.1, 0.15) is 12.5 Å². The van der Waals surface area contributed by atoms with Crippen LogP contribution in [0.4, 0.5) is 10.1 Å². The van der Waals surface area contributed by atoms with Crippen LogP contribution in [0.2, 0.25) is 0 Å². The van der Waals surface area contributed by atoms with Crippen LogP contribution >= 0.6 is 0 Å². The molecule has 0 aliphatic rings. The molecular weight excluding hydrogens is 275 g/mol. The second-order valence-electron chi connectivity index (χ2n) is 4.40. The Hall–Kier alpha value is -2.47. The van der Waals surface area contributed by atoms with E-state index < -0.39 is 16.4 Å². The number of halogens is 1. The number of nitrogens with one attached hydrogen (secondary N) is 1. The Morgan fingerprint density at radius 3 is 2.43 bits per heavy atom. The van der Waals surface area contributed by atoms with Crippen LogP contribution < -0.4 is 10.1 Å². The number of hydrogen-bond donors (Lipinski definition) is 1. The van der Waals surface area contributed by atoms with E-state index in [0.717, 1.165) is 30.8 Å². The van der Waals surface area contributed by atoms with E-state index in [9.17, 15) is 14.5 Å². The fourth-order valence-corrected chi connectivity index (χ4v) is 1.78. The Morgan fingerprint density at radius 1 is 1.19 bits per heavy atom. The van der Waals surface area contributed by atoms with Gasteiger partial charge in [0.05, 0.1) is 4.92 Å². The second kappa shape index (κ2) is 6.81. The van der Waals surface area contributed by atoms with Crippen LogP contribution in [0.3, 0.4) is 0 Å². The maximum absolute atomic E-state index is 13.5. The molecular formula is C15H15FN2O3. The second-order valence-corrected chi connectivity index (χ2v) is 4.40. The number of ether oxygens (including phenoxy) is 1. The lowest BCUT2D eigenvalue weighted by Crippen LogP contribution is -2.11. The van der Waals surface area contributed by atoms with Crippen LogP contribution in [0.5, 0.6) is 11.5 Å².